The summed E-state index contributed by atoms with van der Waals surface area (Å²) in [6.45, 7) is 6.17. The van der Waals surface area contributed by atoms with Gasteiger partial charge in [0, 0.05) is 25.2 Å². The predicted octanol–water partition coefficient (Wildman–Crippen LogP) is 4.35. The molecule has 1 fully saturated rings. The van der Waals surface area contributed by atoms with Crippen molar-refractivity contribution in [3.05, 3.63) is 0 Å². The SMILES string of the molecule is CCCCCC(=O)CC[C@@H]1CCC(=O)[C@H]1C(C(=O)OC)C(C)CC. The van der Waals surface area contributed by atoms with E-state index in [2.05, 4.69) is 6.92 Å². The quantitative estimate of drug-likeness (QED) is 0.415. The Kier molecular flexibility index (Phi) is 9.24. The molecule has 0 aromatic heterocycles. The first kappa shape index (κ1) is 20.9. The van der Waals surface area contributed by atoms with E-state index in [0.717, 1.165) is 38.5 Å². The summed E-state index contributed by atoms with van der Waals surface area (Å²) < 4.78 is 4.98. The fraction of sp³-hybridized carbons (Fsp3) is 0.850. The van der Waals surface area contributed by atoms with E-state index < -0.39 is 0 Å². The van der Waals surface area contributed by atoms with Gasteiger partial charge in [-0.05, 0) is 31.1 Å². The van der Waals surface area contributed by atoms with Gasteiger partial charge in [0.15, 0.2) is 0 Å². The highest BCUT2D eigenvalue weighted by Gasteiger charge is 2.45. The lowest BCUT2D eigenvalue weighted by molar-refractivity contribution is -0.152. The van der Waals surface area contributed by atoms with Gasteiger partial charge in [-0.3, -0.25) is 14.4 Å². The van der Waals surface area contributed by atoms with Gasteiger partial charge in [0.1, 0.15) is 11.6 Å². The third kappa shape index (κ3) is 5.71. The molecule has 4 nitrogen and oxygen atoms in total. The lowest BCUT2D eigenvalue weighted by Crippen LogP contribution is -2.36. The highest BCUT2D eigenvalue weighted by molar-refractivity contribution is 5.89. The van der Waals surface area contributed by atoms with Gasteiger partial charge in [0.25, 0.3) is 0 Å². The number of Topliss-reactive ketones (excluding diaryl/α,β-unsaturated/α-hetero) is 2. The van der Waals surface area contributed by atoms with Crippen molar-refractivity contribution in [1.82, 2.24) is 0 Å². The van der Waals surface area contributed by atoms with Gasteiger partial charge < -0.3 is 4.74 Å². The Hall–Kier alpha value is -1.19. The van der Waals surface area contributed by atoms with Crippen LogP contribution in [0.15, 0.2) is 0 Å². The van der Waals surface area contributed by atoms with E-state index in [-0.39, 0.29) is 35.4 Å². The molecule has 0 radical (unpaired) electrons. The number of hydrogen-bond donors (Lipinski definition) is 0. The van der Waals surface area contributed by atoms with Crippen LogP contribution in [-0.4, -0.2) is 24.6 Å². The normalized spacial score (nSPS) is 23.1. The van der Waals surface area contributed by atoms with Gasteiger partial charge in [-0.15, -0.1) is 0 Å². The average molecular weight is 338 g/mol. The molecule has 4 atom stereocenters. The van der Waals surface area contributed by atoms with Crippen molar-refractivity contribution in [3.63, 3.8) is 0 Å². The molecule has 0 bridgehead atoms. The van der Waals surface area contributed by atoms with Crippen LogP contribution in [-0.2, 0) is 19.1 Å². The Morgan fingerprint density at radius 2 is 1.92 bits per heavy atom. The number of rotatable bonds is 11. The van der Waals surface area contributed by atoms with Gasteiger partial charge >= 0.3 is 5.97 Å². The number of carbonyl (C=O) groups is 3. The summed E-state index contributed by atoms with van der Waals surface area (Å²) in [4.78, 5) is 36.7. The lowest BCUT2D eigenvalue weighted by Gasteiger charge is -2.29. The lowest BCUT2D eigenvalue weighted by atomic mass is 9.74. The summed E-state index contributed by atoms with van der Waals surface area (Å²) in [7, 11) is 1.39. The highest BCUT2D eigenvalue weighted by Crippen LogP contribution is 2.41. The third-order valence-corrected chi connectivity index (χ3v) is 5.61. The van der Waals surface area contributed by atoms with Crippen LogP contribution in [0.3, 0.4) is 0 Å². The average Bonchev–Trinajstić information content (AvgIpc) is 2.93. The van der Waals surface area contributed by atoms with Crippen LogP contribution < -0.4 is 0 Å². The number of esters is 1. The summed E-state index contributed by atoms with van der Waals surface area (Å²) in [6.07, 6.45) is 7.24. The zero-order valence-corrected chi connectivity index (χ0v) is 15.8. The molecule has 0 aromatic rings. The molecule has 2 unspecified atom stereocenters. The van der Waals surface area contributed by atoms with E-state index in [4.69, 9.17) is 4.74 Å². The van der Waals surface area contributed by atoms with Crippen molar-refractivity contribution in [1.29, 1.82) is 0 Å². The summed E-state index contributed by atoms with van der Waals surface area (Å²) in [5, 5.41) is 0. The molecule has 1 aliphatic rings. The minimum absolute atomic E-state index is 0.118. The molecule has 0 spiro atoms. The fourth-order valence-electron chi connectivity index (χ4n) is 3.92. The molecular formula is C20H34O4. The van der Waals surface area contributed by atoms with Crippen molar-refractivity contribution < 1.29 is 19.1 Å². The standard InChI is InChI=1S/C20H34O4/c1-5-7-8-9-16(21)12-10-15-11-13-17(22)19(15)18(14(3)6-2)20(23)24-4/h14-15,18-19H,5-13H2,1-4H3/t14?,15-,18?,19+/m1/s1. The molecular weight excluding hydrogens is 304 g/mol. The second-order valence-corrected chi connectivity index (χ2v) is 7.26. The van der Waals surface area contributed by atoms with Crippen LogP contribution >= 0.6 is 0 Å². The maximum absolute atomic E-state index is 12.4. The molecule has 4 heteroatoms. The Bertz CT molecular complexity index is 429. The highest BCUT2D eigenvalue weighted by atomic mass is 16.5. The maximum Gasteiger partial charge on any atom is 0.309 e. The Balaban J connectivity index is 2.70. The van der Waals surface area contributed by atoms with E-state index in [0.29, 0.717) is 25.0 Å². The minimum Gasteiger partial charge on any atom is -0.469 e. The van der Waals surface area contributed by atoms with E-state index in [9.17, 15) is 14.4 Å². The number of unbranched alkanes of at least 4 members (excludes halogenated alkanes) is 2. The van der Waals surface area contributed by atoms with E-state index in [1.807, 2.05) is 13.8 Å². The number of ether oxygens (including phenoxy) is 1. The van der Waals surface area contributed by atoms with Crippen molar-refractivity contribution in [2.45, 2.75) is 78.6 Å². The van der Waals surface area contributed by atoms with Crippen molar-refractivity contribution >= 4 is 17.5 Å². The third-order valence-electron chi connectivity index (χ3n) is 5.61. The summed E-state index contributed by atoms with van der Waals surface area (Å²) >= 11 is 0. The molecule has 0 N–H and O–H groups in total. The Morgan fingerprint density at radius 3 is 2.50 bits per heavy atom. The Morgan fingerprint density at radius 1 is 1.21 bits per heavy atom. The molecule has 0 amide bonds. The molecule has 0 aliphatic heterocycles. The molecule has 138 valence electrons. The van der Waals surface area contributed by atoms with Crippen LogP contribution in [0, 0.1) is 23.7 Å². The van der Waals surface area contributed by atoms with Gasteiger partial charge in [0.2, 0.25) is 0 Å². The number of carbonyl (C=O) groups excluding carboxylic acids is 3. The van der Waals surface area contributed by atoms with Gasteiger partial charge in [-0.2, -0.15) is 0 Å². The Labute approximate surface area is 146 Å². The fourth-order valence-corrected chi connectivity index (χ4v) is 3.92. The molecule has 1 saturated carbocycles. The van der Waals surface area contributed by atoms with Crippen LogP contribution in [0.1, 0.15) is 78.6 Å². The zero-order valence-electron chi connectivity index (χ0n) is 15.8. The molecule has 0 saturated heterocycles. The molecule has 1 rings (SSSR count). The molecule has 0 heterocycles. The van der Waals surface area contributed by atoms with Crippen molar-refractivity contribution in [3.8, 4) is 0 Å². The monoisotopic (exact) mass is 338 g/mol. The van der Waals surface area contributed by atoms with E-state index in [1.54, 1.807) is 0 Å². The largest absolute Gasteiger partial charge is 0.469 e. The predicted molar refractivity (Wildman–Crippen MR) is 94.6 cm³/mol. The van der Waals surface area contributed by atoms with E-state index in [1.165, 1.54) is 7.11 Å². The van der Waals surface area contributed by atoms with Crippen molar-refractivity contribution in [2.75, 3.05) is 7.11 Å². The first-order chi connectivity index (χ1) is 11.5. The topological polar surface area (TPSA) is 60.4 Å². The first-order valence-corrected chi connectivity index (χ1v) is 9.58. The van der Waals surface area contributed by atoms with Crippen LogP contribution in [0.25, 0.3) is 0 Å². The number of ketones is 2. The summed E-state index contributed by atoms with van der Waals surface area (Å²) in [5.74, 6) is -0.179. The van der Waals surface area contributed by atoms with E-state index >= 15 is 0 Å². The molecule has 1 aliphatic carbocycles. The van der Waals surface area contributed by atoms with Crippen LogP contribution in [0.4, 0.5) is 0 Å². The van der Waals surface area contributed by atoms with Crippen LogP contribution in [0.5, 0.6) is 0 Å². The molecule has 24 heavy (non-hydrogen) atoms. The summed E-state index contributed by atoms with van der Waals surface area (Å²) in [5.41, 5.74) is 0. The summed E-state index contributed by atoms with van der Waals surface area (Å²) in [6, 6.07) is 0. The zero-order chi connectivity index (χ0) is 18.1. The second kappa shape index (κ2) is 10.6. The first-order valence-electron chi connectivity index (χ1n) is 9.58. The van der Waals surface area contributed by atoms with Gasteiger partial charge in [-0.1, -0.05) is 40.0 Å². The maximum atomic E-state index is 12.4. The van der Waals surface area contributed by atoms with Crippen molar-refractivity contribution in [2.24, 2.45) is 23.7 Å². The minimum atomic E-state index is -0.366. The molecule has 0 aromatic carbocycles. The smallest absolute Gasteiger partial charge is 0.309 e. The van der Waals surface area contributed by atoms with Gasteiger partial charge in [0.05, 0.1) is 13.0 Å². The van der Waals surface area contributed by atoms with Gasteiger partial charge in [-0.25, -0.2) is 0 Å². The number of methoxy groups -OCH3 is 1. The van der Waals surface area contributed by atoms with Crippen LogP contribution in [0.2, 0.25) is 0 Å². The number of hydrogen-bond acceptors (Lipinski definition) is 4. The second-order valence-electron chi connectivity index (χ2n) is 7.26.